The molecule has 0 heterocycles. The Morgan fingerprint density at radius 1 is 0.667 bits per heavy atom. The molecule has 4 aromatic carbocycles. The van der Waals surface area contributed by atoms with Crippen LogP contribution in [0.2, 0.25) is 0 Å². The standard InChI is InChI=1S/C30H24F4O2/c1-3-5-18-6-8-20(9-7-18)24-16-17-25(29(34)28(24)33)36-30(35)22-12-10-21(11-13-22)23-15-14-19(4-2)26(31)27(23)32/h6-17H,3-5H2,1-2H3. The Balaban J connectivity index is 1.52. The molecule has 0 N–H and O–H groups in total. The number of hydrogen-bond acceptors (Lipinski definition) is 2. The summed E-state index contributed by atoms with van der Waals surface area (Å²) >= 11 is 0. The summed E-state index contributed by atoms with van der Waals surface area (Å²) in [6, 6.07) is 18.3. The van der Waals surface area contributed by atoms with Gasteiger partial charge in [-0.2, -0.15) is 4.39 Å². The van der Waals surface area contributed by atoms with Crippen molar-refractivity contribution in [3.05, 3.63) is 113 Å². The molecule has 184 valence electrons. The highest BCUT2D eigenvalue weighted by atomic mass is 19.2. The van der Waals surface area contributed by atoms with Crippen LogP contribution in [0.15, 0.2) is 72.8 Å². The highest BCUT2D eigenvalue weighted by Gasteiger charge is 2.20. The summed E-state index contributed by atoms with van der Waals surface area (Å²) in [6.07, 6.45) is 2.23. The largest absolute Gasteiger partial charge is 0.420 e. The second-order valence-electron chi connectivity index (χ2n) is 8.41. The van der Waals surface area contributed by atoms with Gasteiger partial charge < -0.3 is 4.74 Å². The van der Waals surface area contributed by atoms with Crippen molar-refractivity contribution in [3.63, 3.8) is 0 Å². The van der Waals surface area contributed by atoms with Gasteiger partial charge in [-0.05, 0) is 59.4 Å². The van der Waals surface area contributed by atoms with Gasteiger partial charge in [-0.3, -0.25) is 0 Å². The minimum atomic E-state index is -1.27. The van der Waals surface area contributed by atoms with E-state index in [1.807, 2.05) is 12.1 Å². The molecule has 0 fully saturated rings. The minimum absolute atomic E-state index is 0.0419. The van der Waals surface area contributed by atoms with E-state index >= 15 is 0 Å². The summed E-state index contributed by atoms with van der Waals surface area (Å²) in [5, 5.41) is 0. The van der Waals surface area contributed by atoms with E-state index in [0.29, 0.717) is 17.5 Å². The molecule has 0 saturated heterocycles. The van der Waals surface area contributed by atoms with Crippen molar-refractivity contribution in [2.24, 2.45) is 0 Å². The number of aryl methyl sites for hydroxylation is 2. The van der Waals surface area contributed by atoms with Gasteiger partial charge in [0.25, 0.3) is 0 Å². The van der Waals surface area contributed by atoms with Crippen molar-refractivity contribution < 1.29 is 27.1 Å². The predicted octanol–water partition coefficient (Wildman–Crippen LogP) is 8.31. The van der Waals surface area contributed by atoms with Crippen LogP contribution in [0.5, 0.6) is 5.75 Å². The van der Waals surface area contributed by atoms with Crippen molar-refractivity contribution in [1.29, 1.82) is 0 Å². The first kappa shape index (κ1) is 25.2. The highest BCUT2D eigenvalue weighted by Crippen LogP contribution is 2.31. The fourth-order valence-corrected chi connectivity index (χ4v) is 4.00. The van der Waals surface area contributed by atoms with Gasteiger partial charge in [-0.1, -0.05) is 68.8 Å². The summed E-state index contributed by atoms with van der Waals surface area (Å²) < 4.78 is 63.2. The molecule has 0 bridgehead atoms. The zero-order valence-corrected chi connectivity index (χ0v) is 19.9. The summed E-state index contributed by atoms with van der Waals surface area (Å²) in [6.45, 7) is 3.79. The quantitative estimate of drug-likeness (QED) is 0.147. The van der Waals surface area contributed by atoms with Crippen molar-refractivity contribution in [3.8, 4) is 28.0 Å². The van der Waals surface area contributed by atoms with Crippen LogP contribution in [0, 0.1) is 23.3 Å². The predicted molar refractivity (Wildman–Crippen MR) is 132 cm³/mol. The molecule has 0 aliphatic carbocycles. The Morgan fingerprint density at radius 3 is 1.81 bits per heavy atom. The Hall–Kier alpha value is -3.93. The van der Waals surface area contributed by atoms with E-state index in [9.17, 15) is 22.4 Å². The maximum Gasteiger partial charge on any atom is 0.343 e. The summed E-state index contributed by atoms with van der Waals surface area (Å²) in [7, 11) is 0. The van der Waals surface area contributed by atoms with Crippen LogP contribution in [0.25, 0.3) is 22.3 Å². The molecule has 0 aliphatic heterocycles. The fourth-order valence-electron chi connectivity index (χ4n) is 4.00. The number of esters is 1. The SMILES string of the molecule is CCCc1ccc(-c2ccc(OC(=O)c3ccc(-c4ccc(CC)c(F)c4F)cc3)c(F)c2F)cc1. The number of carbonyl (C=O) groups excluding carboxylic acids is 1. The van der Waals surface area contributed by atoms with Gasteiger partial charge in [-0.25, -0.2) is 18.0 Å². The molecule has 0 radical (unpaired) electrons. The molecular weight excluding hydrogens is 468 g/mol. The van der Waals surface area contributed by atoms with Crippen molar-refractivity contribution in [2.45, 2.75) is 33.1 Å². The average molecular weight is 493 g/mol. The number of carbonyl (C=O) groups is 1. The van der Waals surface area contributed by atoms with Crippen LogP contribution in [0.3, 0.4) is 0 Å². The minimum Gasteiger partial charge on any atom is -0.420 e. The monoisotopic (exact) mass is 492 g/mol. The van der Waals surface area contributed by atoms with Crippen molar-refractivity contribution in [2.75, 3.05) is 0 Å². The first-order valence-electron chi connectivity index (χ1n) is 11.7. The Kier molecular flexibility index (Phi) is 7.53. The molecule has 0 aliphatic rings. The molecule has 4 rings (SSSR count). The number of hydrogen-bond donors (Lipinski definition) is 0. The van der Waals surface area contributed by atoms with Gasteiger partial charge in [0.05, 0.1) is 5.56 Å². The van der Waals surface area contributed by atoms with Crippen LogP contribution in [0.4, 0.5) is 17.6 Å². The van der Waals surface area contributed by atoms with Gasteiger partial charge in [0.1, 0.15) is 0 Å². The van der Waals surface area contributed by atoms with E-state index in [0.717, 1.165) is 18.4 Å². The van der Waals surface area contributed by atoms with E-state index in [2.05, 4.69) is 6.92 Å². The number of halogens is 4. The maximum atomic E-state index is 14.8. The molecule has 0 amide bonds. The van der Waals surface area contributed by atoms with Gasteiger partial charge >= 0.3 is 5.97 Å². The third-order valence-corrected chi connectivity index (χ3v) is 6.03. The second kappa shape index (κ2) is 10.8. The molecule has 2 nitrogen and oxygen atoms in total. The van der Waals surface area contributed by atoms with Gasteiger partial charge in [0.15, 0.2) is 23.2 Å². The smallest absolute Gasteiger partial charge is 0.343 e. The Bertz CT molecular complexity index is 1390. The van der Waals surface area contributed by atoms with Gasteiger partial charge in [0, 0.05) is 11.1 Å². The summed E-state index contributed by atoms with van der Waals surface area (Å²) in [4.78, 5) is 12.5. The zero-order chi connectivity index (χ0) is 25.8. The molecule has 4 aromatic rings. The number of benzene rings is 4. The first-order valence-corrected chi connectivity index (χ1v) is 11.7. The Morgan fingerprint density at radius 2 is 1.22 bits per heavy atom. The third-order valence-electron chi connectivity index (χ3n) is 6.03. The molecule has 0 saturated carbocycles. The molecule has 36 heavy (non-hydrogen) atoms. The van der Waals surface area contributed by atoms with Crippen LogP contribution in [0.1, 0.15) is 41.8 Å². The average Bonchev–Trinajstić information content (AvgIpc) is 2.89. The normalized spacial score (nSPS) is 10.9. The van der Waals surface area contributed by atoms with E-state index in [4.69, 9.17) is 4.74 Å². The van der Waals surface area contributed by atoms with Crippen LogP contribution >= 0.6 is 0 Å². The highest BCUT2D eigenvalue weighted by molar-refractivity contribution is 5.91. The number of ether oxygens (including phenoxy) is 1. The first-order chi connectivity index (χ1) is 17.3. The zero-order valence-electron chi connectivity index (χ0n) is 19.9. The summed E-state index contributed by atoms with van der Waals surface area (Å²) in [5.74, 6) is -5.73. The molecule has 0 atom stereocenters. The van der Waals surface area contributed by atoms with E-state index in [1.165, 1.54) is 48.5 Å². The molecule has 0 aromatic heterocycles. The lowest BCUT2D eigenvalue weighted by Gasteiger charge is -2.11. The lowest BCUT2D eigenvalue weighted by atomic mass is 10.0. The Labute approximate surface area is 207 Å². The van der Waals surface area contributed by atoms with Crippen molar-refractivity contribution >= 4 is 5.97 Å². The van der Waals surface area contributed by atoms with E-state index in [1.54, 1.807) is 19.1 Å². The maximum absolute atomic E-state index is 14.8. The van der Waals surface area contributed by atoms with Gasteiger partial charge in [-0.15, -0.1) is 0 Å². The topological polar surface area (TPSA) is 26.3 Å². The van der Waals surface area contributed by atoms with Gasteiger partial charge in [0.2, 0.25) is 5.82 Å². The van der Waals surface area contributed by atoms with E-state index < -0.39 is 35.0 Å². The lowest BCUT2D eigenvalue weighted by molar-refractivity contribution is 0.0727. The van der Waals surface area contributed by atoms with Crippen LogP contribution in [-0.2, 0) is 12.8 Å². The molecule has 0 spiro atoms. The fraction of sp³-hybridized carbons (Fsp3) is 0.167. The van der Waals surface area contributed by atoms with E-state index in [-0.39, 0.29) is 22.3 Å². The third kappa shape index (κ3) is 5.03. The van der Waals surface area contributed by atoms with Crippen molar-refractivity contribution in [1.82, 2.24) is 0 Å². The molecular formula is C30H24F4O2. The summed E-state index contributed by atoms with van der Waals surface area (Å²) in [5.41, 5.74) is 2.39. The van der Waals surface area contributed by atoms with Crippen LogP contribution in [-0.4, -0.2) is 5.97 Å². The number of rotatable bonds is 7. The second-order valence-corrected chi connectivity index (χ2v) is 8.41. The molecule has 0 unspecified atom stereocenters. The van der Waals surface area contributed by atoms with Crippen LogP contribution < -0.4 is 4.74 Å². The lowest BCUT2D eigenvalue weighted by Crippen LogP contribution is -2.10. The molecule has 6 heteroatoms.